The second-order valence-corrected chi connectivity index (χ2v) is 5.28. The van der Waals surface area contributed by atoms with Gasteiger partial charge in [-0.25, -0.2) is 0 Å². The Morgan fingerprint density at radius 3 is 2.50 bits per heavy atom. The molecule has 2 rings (SSSR count). The van der Waals surface area contributed by atoms with Crippen LogP contribution in [-0.4, -0.2) is 5.60 Å². The zero-order valence-electron chi connectivity index (χ0n) is 9.74. The Morgan fingerprint density at radius 2 is 2.00 bits per heavy atom. The standard InChI is InChI=1S/C14H17ClO/c1-4-11-9-13(16-14(11,2)3)10-5-7-12(15)8-6-10/h4-8,11,13H,1,9H2,2-3H3. The molecule has 0 bridgehead atoms. The normalized spacial score (nSPS) is 27.9. The quantitative estimate of drug-likeness (QED) is 0.693. The summed E-state index contributed by atoms with van der Waals surface area (Å²) in [6.45, 7) is 8.12. The Kier molecular flexibility index (Phi) is 3.09. The van der Waals surface area contributed by atoms with E-state index in [4.69, 9.17) is 16.3 Å². The SMILES string of the molecule is C=CC1CC(c2ccc(Cl)cc2)OC1(C)C. The smallest absolute Gasteiger partial charge is 0.0839 e. The Labute approximate surface area is 102 Å². The minimum absolute atomic E-state index is 0.119. The van der Waals surface area contributed by atoms with E-state index in [1.54, 1.807) is 0 Å². The molecule has 1 aliphatic heterocycles. The van der Waals surface area contributed by atoms with Gasteiger partial charge in [-0.15, -0.1) is 6.58 Å². The molecule has 2 atom stereocenters. The highest BCUT2D eigenvalue weighted by Crippen LogP contribution is 2.43. The summed E-state index contributed by atoms with van der Waals surface area (Å²) in [7, 11) is 0. The van der Waals surface area contributed by atoms with Crippen LogP contribution in [-0.2, 0) is 4.74 Å². The van der Waals surface area contributed by atoms with Gasteiger partial charge in [-0.1, -0.05) is 29.8 Å². The monoisotopic (exact) mass is 236 g/mol. The number of halogens is 1. The third-order valence-electron chi connectivity index (χ3n) is 3.33. The van der Waals surface area contributed by atoms with Gasteiger partial charge in [0.1, 0.15) is 0 Å². The van der Waals surface area contributed by atoms with Crippen molar-refractivity contribution in [1.82, 2.24) is 0 Å². The van der Waals surface area contributed by atoms with Gasteiger partial charge in [-0.05, 0) is 38.0 Å². The van der Waals surface area contributed by atoms with Crippen LogP contribution >= 0.6 is 11.6 Å². The van der Waals surface area contributed by atoms with Crippen LogP contribution in [0.25, 0.3) is 0 Å². The molecule has 1 aromatic rings. The van der Waals surface area contributed by atoms with E-state index in [9.17, 15) is 0 Å². The topological polar surface area (TPSA) is 9.23 Å². The van der Waals surface area contributed by atoms with E-state index >= 15 is 0 Å². The van der Waals surface area contributed by atoms with E-state index in [1.165, 1.54) is 5.56 Å². The fraction of sp³-hybridized carbons (Fsp3) is 0.429. The van der Waals surface area contributed by atoms with Gasteiger partial charge in [0.25, 0.3) is 0 Å². The molecule has 1 aliphatic rings. The highest BCUT2D eigenvalue weighted by atomic mass is 35.5. The van der Waals surface area contributed by atoms with Gasteiger partial charge in [0.15, 0.2) is 0 Å². The van der Waals surface area contributed by atoms with Crippen molar-refractivity contribution >= 4 is 11.6 Å². The van der Waals surface area contributed by atoms with Crippen molar-refractivity contribution in [2.75, 3.05) is 0 Å². The fourth-order valence-electron chi connectivity index (χ4n) is 2.28. The molecule has 1 saturated heterocycles. The van der Waals surface area contributed by atoms with E-state index in [-0.39, 0.29) is 11.7 Å². The van der Waals surface area contributed by atoms with Gasteiger partial charge in [-0.3, -0.25) is 0 Å². The number of hydrogen-bond donors (Lipinski definition) is 0. The molecule has 0 aliphatic carbocycles. The van der Waals surface area contributed by atoms with Gasteiger partial charge < -0.3 is 4.74 Å². The Morgan fingerprint density at radius 1 is 1.38 bits per heavy atom. The summed E-state index contributed by atoms with van der Waals surface area (Å²) in [5, 5.41) is 0.765. The average molecular weight is 237 g/mol. The van der Waals surface area contributed by atoms with Crippen molar-refractivity contribution in [3.63, 3.8) is 0 Å². The van der Waals surface area contributed by atoms with Crippen LogP contribution in [0.5, 0.6) is 0 Å². The molecule has 0 spiro atoms. The predicted molar refractivity (Wildman–Crippen MR) is 67.7 cm³/mol. The lowest BCUT2D eigenvalue weighted by Crippen LogP contribution is -2.25. The molecule has 1 heterocycles. The summed E-state index contributed by atoms with van der Waals surface area (Å²) in [4.78, 5) is 0. The molecule has 0 aromatic heterocycles. The maximum atomic E-state index is 6.06. The van der Waals surface area contributed by atoms with E-state index in [0.29, 0.717) is 5.92 Å². The molecule has 2 heteroatoms. The first-order valence-electron chi connectivity index (χ1n) is 5.59. The molecule has 0 N–H and O–H groups in total. The summed E-state index contributed by atoms with van der Waals surface area (Å²) in [5.41, 5.74) is 1.08. The number of hydrogen-bond acceptors (Lipinski definition) is 1. The third-order valence-corrected chi connectivity index (χ3v) is 3.59. The number of benzene rings is 1. The van der Waals surface area contributed by atoms with E-state index in [0.717, 1.165) is 11.4 Å². The van der Waals surface area contributed by atoms with Gasteiger partial charge in [0.2, 0.25) is 0 Å². The molecule has 0 saturated carbocycles. The minimum Gasteiger partial charge on any atom is -0.367 e. The highest BCUT2D eigenvalue weighted by molar-refractivity contribution is 6.30. The van der Waals surface area contributed by atoms with Crippen molar-refractivity contribution in [2.24, 2.45) is 5.92 Å². The third kappa shape index (κ3) is 2.16. The van der Waals surface area contributed by atoms with Crippen molar-refractivity contribution in [3.05, 3.63) is 47.5 Å². The maximum Gasteiger partial charge on any atom is 0.0839 e. The number of ether oxygens (including phenoxy) is 1. The molecule has 86 valence electrons. The molecule has 1 nitrogen and oxygen atoms in total. The van der Waals surface area contributed by atoms with E-state index in [1.807, 2.05) is 30.3 Å². The lowest BCUT2D eigenvalue weighted by Gasteiger charge is -2.23. The first-order valence-corrected chi connectivity index (χ1v) is 5.96. The van der Waals surface area contributed by atoms with Crippen LogP contribution in [0, 0.1) is 5.92 Å². The molecule has 2 unspecified atom stereocenters. The van der Waals surface area contributed by atoms with E-state index < -0.39 is 0 Å². The molecular weight excluding hydrogens is 220 g/mol. The Bertz CT molecular complexity index is 380. The van der Waals surface area contributed by atoms with Crippen molar-refractivity contribution in [1.29, 1.82) is 0 Å². The lowest BCUT2D eigenvalue weighted by atomic mass is 9.89. The van der Waals surface area contributed by atoms with Crippen molar-refractivity contribution in [3.8, 4) is 0 Å². The molecule has 1 fully saturated rings. The maximum absolute atomic E-state index is 6.06. The molecule has 0 amide bonds. The van der Waals surface area contributed by atoms with Crippen LogP contribution in [0.15, 0.2) is 36.9 Å². The molecule has 16 heavy (non-hydrogen) atoms. The largest absolute Gasteiger partial charge is 0.367 e. The predicted octanol–water partition coefficient (Wildman–Crippen LogP) is 4.38. The Hall–Kier alpha value is -0.790. The van der Waals surface area contributed by atoms with Gasteiger partial charge in [-0.2, -0.15) is 0 Å². The van der Waals surface area contributed by atoms with Crippen LogP contribution < -0.4 is 0 Å². The molecule has 0 radical (unpaired) electrons. The minimum atomic E-state index is -0.119. The first-order chi connectivity index (χ1) is 7.53. The Balaban J connectivity index is 2.19. The fourth-order valence-corrected chi connectivity index (χ4v) is 2.40. The zero-order chi connectivity index (χ0) is 11.8. The summed E-state index contributed by atoms with van der Waals surface area (Å²) >= 11 is 5.87. The lowest BCUT2D eigenvalue weighted by molar-refractivity contribution is -0.0262. The zero-order valence-corrected chi connectivity index (χ0v) is 10.5. The van der Waals surface area contributed by atoms with Crippen LogP contribution in [0.4, 0.5) is 0 Å². The molecular formula is C14H17ClO. The van der Waals surface area contributed by atoms with Crippen LogP contribution in [0.3, 0.4) is 0 Å². The summed E-state index contributed by atoms with van der Waals surface area (Å²) in [5.74, 6) is 0.410. The van der Waals surface area contributed by atoms with Crippen LogP contribution in [0.2, 0.25) is 5.02 Å². The second kappa shape index (κ2) is 4.23. The summed E-state index contributed by atoms with van der Waals surface area (Å²) in [6.07, 6.45) is 3.16. The second-order valence-electron chi connectivity index (χ2n) is 4.84. The first kappa shape index (κ1) is 11.7. The molecule has 1 aromatic carbocycles. The average Bonchev–Trinajstić information content (AvgIpc) is 2.54. The van der Waals surface area contributed by atoms with Crippen LogP contribution in [0.1, 0.15) is 31.9 Å². The number of rotatable bonds is 2. The van der Waals surface area contributed by atoms with Gasteiger partial charge >= 0.3 is 0 Å². The van der Waals surface area contributed by atoms with Gasteiger partial charge in [0, 0.05) is 10.9 Å². The van der Waals surface area contributed by atoms with Gasteiger partial charge in [0.05, 0.1) is 11.7 Å². The summed E-state index contributed by atoms with van der Waals surface area (Å²) < 4.78 is 6.06. The van der Waals surface area contributed by atoms with Crippen molar-refractivity contribution in [2.45, 2.75) is 32.0 Å². The van der Waals surface area contributed by atoms with Crippen molar-refractivity contribution < 1.29 is 4.74 Å². The highest BCUT2D eigenvalue weighted by Gasteiger charge is 2.40. The summed E-state index contributed by atoms with van der Waals surface area (Å²) in [6, 6.07) is 7.89. The van der Waals surface area contributed by atoms with E-state index in [2.05, 4.69) is 20.4 Å².